The van der Waals surface area contributed by atoms with Gasteiger partial charge in [0, 0.05) is 18.5 Å². The number of carbonyl (C=O) groups is 1. The number of para-hydroxylation sites is 1. The third-order valence-electron chi connectivity index (χ3n) is 4.64. The molecule has 0 saturated carbocycles. The summed E-state index contributed by atoms with van der Waals surface area (Å²) in [5.74, 6) is -0.547. The molecule has 7 heteroatoms. The van der Waals surface area contributed by atoms with Crippen molar-refractivity contribution in [2.24, 2.45) is 0 Å². The topological polar surface area (TPSA) is 84.7 Å². The molecule has 0 aliphatic carbocycles. The predicted molar refractivity (Wildman–Crippen MR) is 91.0 cm³/mol. The van der Waals surface area contributed by atoms with E-state index in [4.69, 9.17) is 4.42 Å². The number of sulfone groups is 1. The van der Waals surface area contributed by atoms with Crippen LogP contribution in [0.4, 0.5) is 0 Å². The second-order valence-corrected chi connectivity index (χ2v) is 8.68. The van der Waals surface area contributed by atoms with Crippen molar-refractivity contribution in [3.8, 4) is 0 Å². The Morgan fingerprint density at radius 1 is 1.25 bits per heavy atom. The molecule has 128 valence electrons. The Hall–Kier alpha value is -2.15. The van der Waals surface area contributed by atoms with Gasteiger partial charge in [-0.3, -0.25) is 4.79 Å². The van der Waals surface area contributed by atoms with Crippen LogP contribution in [-0.2, 0) is 9.84 Å². The highest BCUT2D eigenvalue weighted by molar-refractivity contribution is 7.92. The largest absolute Gasteiger partial charge is 0.422 e. The summed E-state index contributed by atoms with van der Waals surface area (Å²) in [6.45, 7) is 3.77. The summed E-state index contributed by atoms with van der Waals surface area (Å²) >= 11 is 0. The highest BCUT2D eigenvalue weighted by Gasteiger charge is 2.30. The maximum Gasteiger partial charge on any atom is 0.349 e. The van der Waals surface area contributed by atoms with E-state index >= 15 is 0 Å². The van der Waals surface area contributed by atoms with E-state index in [0.29, 0.717) is 29.5 Å². The molecule has 1 aliphatic heterocycles. The molecular weight excluding hydrogens is 330 g/mol. The number of aryl methyl sites for hydroxylation is 1. The lowest BCUT2D eigenvalue weighted by Crippen LogP contribution is -2.36. The molecule has 1 atom stereocenters. The first-order valence-electron chi connectivity index (χ1n) is 7.84. The van der Waals surface area contributed by atoms with Gasteiger partial charge in [-0.1, -0.05) is 18.2 Å². The molecule has 0 unspecified atom stereocenters. The number of benzene rings is 1. The van der Waals surface area contributed by atoms with E-state index in [-0.39, 0.29) is 17.9 Å². The standard InChI is InChI=1S/C17H19NO5S/c1-11-7-8-18(9-10-24(11,21)22)16(19)15-12(2)13-5-3-4-6-14(13)23-17(15)20/h3-6,11H,7-10H2,1-2H3/t11-/m0/s1. The summed E-state index contributed by atoms with van der Waals surface area (Å²) in [6.07, 6.45) is 0.367. The third kappa shape index (κ3) is 2.84. The van der Waals surface area contributed by atoms with Crippen molar-refractivity contribution in [3.63, 3.8) is 0 Å². The molecule has 24 heavy (non-hydrogen) atoms. The molecule has 2 aromatic rings. The number of hydrogen-bond donors (Lipinski definition) is 0. The summed E-state index contributed by atoms with van der Waals surface area (Å²) in [5.41, 5.74) is 0.299. The number of nitrogens with zero attached hydrogens (tertiary/aromatic N) is 1. The molecule has 0 bridgehead atoms. The maximum atomic E-state index is 12.8. The number of amides is 1. The zero-order chi connectivity index (χ0) is 17.5. The molecular formula is C17H19NO5S. The minimum Gasteiger partial charge on any atom is -0.422 e. The second kappa shape index (κ2) is 6.05. The van der Waals surface area contributed by atoms with Crippen molar-refractivity contribution in [3.05, 3.63) is 45.8 Å². The Labute approximate surface area is 140 Å². The number of fused-ring (bicyclic) bond motifs is 1. The van der Waals surface area contributed by atoms with Crippen LogP contribution >= 0.6 is 0 Å². The first kappa shape index (κ1) is 16.7. The third-order valence-corrected chi connectivity index (χ3v) is 6.85. The van der Waals surface area contributed by atoms with Gasteiger partial charge in [0.15, 0.2) is 9.84 Å². The number of rotatable bonds is 1. The fraction of sp³-hybridized carbons (Fsp3) is 0.412. The van der Waals surface area contributed by atoms with E-state index in [0.717, 1.165) is 0 Å². The van der Waals surface area contributed by atoms with Crippen molar-refractivity contribution in [2.45, 2.75) is 25.5 Å². The van der Waals surface area contributed by atoms with Crippen LogP contribution in [0.1, 0.15) is 29.3 Å². The molecule has 0 radical (unpaired) electrons. The van der Waals surface area contributed by atoms with E-state index in [2.05, 4.69) is 0 Å². The van der Waals surface area contributed by atoms with Gasteiger partial charge < -0.3 is 9.32 Å². The lowest BCUT2D eigenvalue weighted by Gasteiger charge is -2.20. The van der Waals surface area contributed by atoms with E-state index < -0.39 is 26.6 Å². The van der Waals surface area contributed by atoms with Gasteiger partial charge in [0.1, 0.15) is 11.1 Å². The molecule has 1 amide bonds. The van der Waals surface area contributed by atoms with Gasteiger partial charge >= 0.3 is 5.63 Å². The van der Waals surface area contributed by atoms with Crippen LogP contribution in [0, 0.1) is 6.92 Å². The van der Waals surface area contributed by atoms with Gasteiger partial charge in [-0.15, -0.1) is 0 Å². The first-order valence-corrected chi connectivity index (χ1v) is 9.56. The summed E-state index contributed by atoms with van der Waals surface area (Å²) < 4.78 is 29.3. The molecule has 1 saturated heterocycles. The lowest BCUT2D eigenvalue weighted by atomic mass is 10.0. The predicted octanol–water partition coefficient (Wildman–Crippen LogP) is 1.75. The van der Waals surface area contributed by atoms with Crippen LogP contribution in [0.2, 0.25) is 0 Å². The average molecular weight is 349 g/mol. The highest BCUT2D eigenvalue weighted by Crippen LogP contribution is 2.21. The maximum absolute atomic E-state index is 12.8. The van der Waals surface area contributed by atoms with Crippen LogP contribution in [0.15, 0.2) is 33.5 Å². The van der Waals surface area contributed by atoms with Gasteiger partial charge in [0.2, 0.25) is 0 Å². The van der Waals surface area contributed by atoms with Gasteiger partial charge in [-0.05, 0) is 31.9 Å². The molecule has 3 rings (SSSR count). The highest BCUT2D eigenvalue weighted by atomic mass is 32.2. The quantitative estimate of drug-likeness (QED) is 0.732. The smallest absolute Gasteiger partial charge is 0.349 e. The van der Waals surface area contributed by atoms with Gasteiger partial charge in [0.05, 0.1) is 11.0 Å². The SMILES string of the molecule is Cc1c(C(=O)N2CC[C@H](C)S(=O)(=O)CC2)c(=O)oc2ccccc12. The molecule has 1 aromatic carbocycles. The van der Waals surface area contributed by atoms with Crippen molar-refractivity contribution >= 4 is 26.7 Å². The van der Waals surface area contributed by atoms with E-state index in [9.17, 15) is 18.0 Å². The Bertz CT molecular complexity index is 961. The molecule has 6 nitrogen and oxygen atoms in total. The van der Waals surface area contributed by atoms with Crippen LogP contribution in [0.3, 0.4) is 0 Å². The average Bonchev–Trinajstić information content (AvgIpc) is 2.66. The van der Waals surface area contributed by atoms with Gasteiger partial charge in [-0.2, -0.15) is 0 Å². The minimum atomic E-state index is -3.20. The Kier molecular flexibility index (Phi) is 4.21. The zero-order valence-electron chi connectivity index (χ0n) is 13.6. The number of hydrogen-bond acceptors (Lipinski definition) is 5. The Balaban J connectivity index is 2.02. The fourth-order valence-electron chi connectivity index (χ4n) is 2.98. The van der Waals surface area contributed by atoms with Crippen LogP contribution in [0.5, 0.6) is 0 Å². The molecule has 0 spiro atoms. The van der Waals surface area contributed by atoms with Crippen molar-refractivity contribution in [1.29, 1.82) is 0 Å². The summed E-state index contributed by atoms with van der Waals surface area (Å²) in [6, 6.07) is 7.04. The lowest BCUT2D eigenvalue weighted by molar-refractivity contribution is 0.0762. The van der Waals surface area contributed by atoms with E-state index in [1.54, 1.807) is 32.0 Å². The summed E-state index contributed by atoms with van der Waals surface area (Å²) in [7, 11) is -3.20. The van der Waals surface area contributed by atoms with Crippen LogP contribution in [0.25, 0.3) is 11.0 Å². The minimum absolute atomic E-state index is 0.0133. The van der Waals surface area contributed by atoms with Crippen molar-refractivity contribution in [1.82, 2.24) is 4.90 Å². The monoisotopic (exact) mass is 349 g/mol. The van der Waals surface area contributed by atoms with E-state index in [1.165, 1.54) is 4.90 Å². The fourth-order valence-corrected chi connectivity index (χ4v) is 4.32. The summed E-state index contributed by atoms with van der Waals surface area (Å²) in [4.78, 5) is 26.5. The molecule has 0 N–H and O–H groups in total. The summed E-state index contributed by atoms with van der Waals surface area (Å²) in [5, 5.41) is 0.223. The normalized spacial score (nSPS) is 20.8. The molecule has 1 fully saturated rings. The van der Waals surface area contributed by atoms with Crippen molar-refractivity contribution < 1.29 is 17.6 Å². The van der Waals surface area contributed by atoms with Crippen LogP contribution in [-0.4, -0.2) is 43.3 Å². The molecule has 1 aromatic heterocycles. The first-order chi connectivity index (χ1) is 11.3. The van der Waals surface area contributed by atoms with Crippen LogP contribution < -0.4 is 5.63 Å². The number of carbonyl (C=O) groups excluding carboxylic acids is 1. The molecule has 2 heterocycles. The van der Waals surface area contributed by atoms with Gasteiger partial charge in [-0.25, -0.2) is 13.2 Å². The second-order valence-electron chi connectivity index (χ2n) is 6.14. The van der Waals surface area contributed by atoms with Crippen molar-refractivity contribution in [2.75, 3.05) is 18.8 Å². The van der Waals surface area contributed by atoms with E-state index in [1.807, 2.05) is 6.07 Å². The Morgan fingerprint density at radius 3 is 2.71 bits per heavy atom. The van der Waals surface area contributed by atoms with Gasteiger partial charge in [0.25, 0.3) is 5.91 Å². The zero-order valence-corrected chi connectivity index (χ0v) is 14.4. The Morgan fingerprint density at radius 2 is 1.96 bits per heavy atom. The molecule has 1 aliphatic rings.